The molecule has 0 saturated carbocycles. The van der Waals surface area contributed by atoms with Crippen molar-refractivity contribution in [1.29, 1.82) is 0 Å². The van der Waals surface area contributed by atoms with Crippen LogP contribution >= 0.6 is 0 Å². The number of nitrogens with zero attached hydrogens (tertiary/aromatic N) is 5. The predicted octanol–water partition coefficient (Wildman–Crippen LogP) is 0.0218. The van der Waals surface area contributed by atoms with Gasteiger partial charge in [0.1, 0.15) is 6.54 Å². The molecule has 0 fully saturated rings. The minimum Gasteiger partial charge on any atom is -0.476 e. The quantitative estimate of drug-likeness (QED) is 0.806. The Morgan fingerprint density at radius 2 is 1.95 bits per heavy atom. The summed E-state index contributed by atoms with van der Waals surface area (Å²) in [5.74, 6) is -1.42. The molecule has 0 bridgehead atoms. The van der Waals surface area contributed by atoms with E-state index in [1.54, 1.807) is 19.9 Å². The molecule has 9 nitrogen and oxygen atoms in total. The number of carboxylic acids is 1. The number of carboxylic acid groups (broad SMARTS) is 1. The lowest BCUT2D eigenvalue weighted by Crippen LogP contribution is -2.21. The van der Waals surface area contributed by atoms with E-state index in [4.69, 9.17) is 5.11 Å². The summed E-state index contributed by atoms with van der Waals surface area (Å²) in [6.07, 6.45) is 1.17. The average molecular weight is 276 g/mol. The molecular weight excluding hydrogens is 264 g/mol. The summed E-state index contributed by atoms with van der Waals surface area (Å²) in [4.78, 5) is 30.5. The SMILES string of the molecule is Cc1cc(C)nc(NC(=O)Cn2cc(C(=O)O)nn2)n1. The summed E-state index contributed by atoms with van der Waals surface area (Å²) < 4.78 is 1.13. The molecule has 0 spiro atoms. The number of carbonyl (C=O) groups excluding carboxylic acids is 1. The van der Waals surface area contributed by atoms with Crippen molar-refractivity contribution in [3.05, 3.63) is 29.3 Å². The van der Waals surface area contributed by atoms with Gasteiger partial charge >= 0.3 is 5.97 Å². The van der Waals surface area contributed by atoms with Crippen LogP contribution < -0.4 is 5.32 Å². The molecule has 9 heteroatoms. The smallest absolute Gasteiger partial charge is 0.358 e. The van der Waals surface area contributed by atoms with E-state index in [9.17, 15) is 9.59 Å². The van der Waals surface area contributed by atoms with Gasteiger partial charge in [0, 0.05) is 11.4 Å². The van der Waals surface area contributed by atoms with Gasteiger partial charge in [-0.25, -0.2) is 19.4 Å². The number of rotatable bonds is 4. The van der Waals surface area contributed by atoms with Crippen molar-refractivity contribution in [3.8, 4) is 0 Å². The number of aromatic carboxylic acids is 1. The van der Waals surface area contributed by atoms with E-state index >= 15 is 0 Å². The van der Waals surface area contributed by atoms with Gasteiger partial charge in [0.05, 0.1) is 6.20 Å². The standard InChI is InChI=1S/C11H12N6O3/c1-6-3-7(2)13-11(12-6)14-9(18)5-17-4-8(10(19)20)15-16-17/h3-4H,5H2,1-2H3,(H,19,20)(H,12,13,14,18). The maximum Gasteiger partial charge on any atom is 0.358 e. The Morgan fingerprint density at radius 1 is 1.30 bits per heavy atom. The van der Waals surface area contributed by atoms with E-state index in [0.717, 1.165) is 16.1 Å². The number of carbonyl (C=O) groups is 2. The highest BCUT2D eigenvalue weighted by molar-refractivity contribution is 5.89. The highest BCUT2D eigenvalue weighted by Crippen LogP contribution is 2.03. The fourth-order valence-electron chi connectivity index (χ4n) is 1.57. The van der Waals surface area contributed by atoms with Crippen molar-refractivity contribution >= 4 is 17.8 Å². The van der Waals surface area contributed by atoms with Crippen LogP contribution in [0.2, 0.25) is 0 Å². The van der Waals surface area contributed by atoms with Crippen LogP contribution in [0.3, 0.4) is 0 Å². The Balaban J connectivity index is 2.03. The van der Waals surface area contributed by atoms with Crippen molar-refractivity contribution in [1.82, 2.24) is 25.0 Å². The molecule has 20 heavy (non-hydrogen) atoms. The molecule has 0 aromatic carbocycles. The van der Waals surface area contributed by atoms with Gasteiger partial charge in [-0.05, 0) is 19.9 Å². The van der Waals surface area contributed by atoms with Gasteiger partial charge < -0.3 is 5.11 Å². The number of aromatic nitrogens is 5. The highest BCUT2D eigenvalue weighted by Gasteiger charge is 2.11. The number of anilines is 1. The molecule has 2 heterocycles. The molecule has 0 atom stereocenters. The Morgan fingerprint density at radius 3 is 2.50 bits per heavy atom. The summed E-state index contributed by atoms with van der Waals surface area (Å²) in [7, 11) is 0. The second kappa shape index (κ2) is 5.43. The van der Waals surface area contributed by atoms with Gasteiger partial charge in [0.15, 0.2) is 5.69 Å². The maximum absolute atomic E-state index is 11.8. The average Bonchev–Trinajstić information content (AvgIpc) is 2.75. The van der Waals surface area contributed by atoms with Gasteiger partial charge in [0.2, 0.25) is 11.9 Å². The molecule has 0 aliphatic rings. The fraction of sp³-hybridized carbons (Fsp3) is 0.273. The number of hydrogen-bond donors (Lipinski definition) is 2. The van der Waals surface area contributed by atoms with E-state index in [2.05, 4.69) is 25.6 Å². The molecule has 1 amide bonds. The normalized spacial score (nSPS) is 10.3. The third-order valence-electron chi connectivity index (χ3n) is 2.30. The Bertz CT molecular complexity index is 646. The van der Waals surface area contributed by atoms with Gasteiger partial charge in [-0.15, -0.1) is 5.10 Å². The Labute approximate surface area is 113 Å². The molecule has 2 rings (SSSR count). The molecule has 2 aromatic heterocycles. The zero-order chi connectivity index (χ0) is 14.7. The summed E-state index contributed by atoms with van der Waals surface area (Å²) in [5.41, 5.74) is 1.25. The van der Waals surface area contributed by atoms with Crippen LogP contribution in [0.5, 0.6) is 0 Å². The third kappa shape index (κ3) is 3.34. The maximum atomic E-state index is 11.8. The van der Waals surface area contributed by atoms with Crippen molar-refractivity contribution < 1.29 is 14.7 Å². The number of hydrogen-bond acceptors (Lipinski definition) is 6. The van der Waals surface area contributed by atoms with E-state index in [-0.39, 0.29) is 18.2 Å². The van der Waals surface area contributed by atoms with E-state index in [1.807, 2.05) is 0 Å². The first-order valence-electron chi connectivity index (χ1n) is 5.69. The van der Waals surface area contributed by atoms with Crippen molar-refractivity contribution in [3.63, 3.8) is 0 Å². The van der Waals surface area contributed by atoms with Crippen LogP contribution in [-0.2, 0) is 11.3 Å². The van der Waals surface area contributed by atoms with Crippen LogP contribution in [0.4, 0.5) is 5.95 Å². The summed E-state index contributed by atoms with van der Waals surface area (Å²) >= 11 is 0. The van der Waals surface area contributed by atoms with E-state index in [1.165, 1.54) is 6.20 Å². The Kier molecular flexibility index (Phi) is 3.69. The van der Waals surface area contributed by atoms with Gasteiger partial charge in [-0.1, -0.05) is 5.21 Å². The molecule has 2 N–H and O–H groups in total. The molecule has 0 aliphatic carbocycles. The van der Waals surface area contributed by atoms with Crippen LogP contribution in [-0.4, -0.2) is 41.9 Å². The van der Waals surface area contributed by atoms with Crippen LogP contribution in [0.25, 0.3) is 0 Å². The lowest BCUT2D eigenvalue weighted by Gasteiger charge is -2.05. The number of amides is 1. The first-order valence-corrected chi connectivity index (χ1v) is 5.69. The number of nitrogens with one attached hydrogen (secondary N) is 1. The second-order valence-corrected chi connectivity index (χ2v) is 4.13. The Hall–Kier alpha value is -2.84. The van der Waals surface area contributed by atoms with Crippen LogP contribution in [0.1, 0.15) is 21.9 Å². The minimum atomic E-state index is -1.20. The van der Waals surface area contributed by atoms with Crippen LogP contribution in [0, 0.1) is 13.8 Å². The van der Waals surface area contributed by atoms with E-state index in [0.29, 0.717) is 0 Å². The molecule has 0 aliphatic heterocycles. The lowest BCUT2D eigenvalue weighted by atomic mass is 10.4. The number of aryl methyl sites for hydroxylation is 2. The molecule has 0 unspecified atom stereocenters. The molecule has 2 aromatic rings. The van der Waals surface area contributed by atoms with Crippen LogP contribution in [0.15, 0.2) is 12.3 Å². The van der Waals surface area contributed by atoms with Gasteiger partial charge in [-0.3, -0.25) is 10.1 Å². The second-order valence-electron chi connectivity index (χ2n) is 4.13. The highest BCUT2D eigenvalue weighted by atomic mass is 16.4. The largest absolute Gasteiger partial charge is 0.476 e. The zero-order valence-corrected chi connectivity index (χ0v) is 10.9. The lowest BCUT2D eigenvalue weighted by molar-refractivity contribution is -0.117. The topological polar surface area (TPSA) is 123 Å². The molecule has 104 valence electrons. The first kappa shape index (κ1) is 13.6. The first-order chi connectivity index (χ1) is 9.44. The van der Waals surface area contributed by atoms with Crippen molar-refractivity contribution in [2.45, 2.75) is 20.4 Å². The summed E-state index contributed by atoms with van der Waals surface area (Å²) in [5, 5.41) is 18.2. The van der Waals surface area contributed by atoms with Crippen molar-refractivity contribution in [2.75, 3.05) is 5.32 Å². The van der Waals surface area contributed by atoms with Gasteiger partial charge in [-0.2, -0.15) is 0 Å². The third-order valence-corrected chi connectivity index (χ3v) is 2.30. The van der Waals surface area contributed by atoms with E-state index < -0.39 is 11.9 Å². The minimum absolute atomic E-state index is 0.170. The predicted molar refractivity (Wildman–Crippen MR) is 67.1 cm³/mol. The fourth-order valence-corrected chi connectivity index (χ4v) is 1.57. The molecule has 0 saturated heterocycles. The monoisotopic (exact) mass is 276 g/mol. The summed E-state index contributed by atoms with van der Waals surface area (Å²) in [6.45, 7) is 3.42. The summed E-state index contributed by atoms with van der Waals surface area (Å²) in [6, 6.07) is 1.78. The zero-order valence-electron chi connectivity index (χ0n) is 10.9. The van der Waals surface area contributed by atoms with Crippen molar-refractivity contribution in [2.24, 2.45) is 0 Å². The van der Waals surface area contributed by atoms with Gasteiger partial charge in [0.25, 0.3) is 0 Å². The molecular formula is C11H12N6O3. The molecule has 0 radical (unpaired) electrons.